The number of amides is 1. The van der Waals surface area contributed by atoms with Crippen LogP contribution in [0.25, 0.3) is 11.0 Å². The molecular formula is C20H19FN2O6S. The number of nitrogens with zero attached hydrogens (tertiary/aromatic N) is 1. The van der Waals surface area contributed by atoms with Crippen LogP contribution in [0.5, 0.6) is 5.75 Å². The van der Waals surface area contributed by atoms with Crippen LogP contribution >= 0.6 is 0 Å². The summed E-state index contributed by atoms with van der Waals surface area (Å²) >= 11 is 0. The summed E-state index contributed by atoms with van der Waals surface area (Å²) in [5, 5.41) is 5.48. The van der Waals surface area contributed by atoms with Crippen LogP contribution in [0.15, 0.2) is 50.5 Å². The van der Waals surface area contributed by atoms with Crippen LogP contribution in [-0.2, 0) is 16.4 Å². The highest BCUT2D eigenvalue weighted by molar-refractivity contribution is 7.89. The van der Waals surface area contributed by atoms with Crippen LogP contribution < -0.4 is 15.5 Å². The van der Waals surface area contributed by atoms with Gasteiger partial charge in [-0.25, -0.2) is 27.5 Å². The zero-order valence-electron chi connectivity index (χ0n) is 16.4. The Balaban J connectivity index is 2.06. The lowest BCUT2D eigenvalue weighted by Gasteiger charge is -2.13. The zero-order valence-corrected chi connectivity index (χ0v) is 17.2. The maximum absolute atomic E-state index is 14.5. The summed E-state index contributed by atoms with van der Waals surface area (Å²) in [6.45, 7) is 1.63. The minimum Gasteiger partial charge on any atom is -0.422 e. The second-order valence-corrected chi connectivity index (χ2v) is 8.46. The molecule has 2 aromatic carbocycles. The lowest BCUT2D eigenvalue weighted by Crippen LogP contribution is -2.25. The van der Waals surface area contributed by atoms with E-state index in [1.165, 1.54) is 32.3 Å². The third-order valence-electron chi connectivity index (χ3n) is 4.51. The van der Waals surface area contributed by atoms with Gasteiger partial charge >= 0.3 is 11.7 Å². The predicted molar refractivity (Wildman–Crippen MR) is 108 cm³/mol. The largest absolute Gasteiger partial charge is 0.422 e. The Kier molecular flexibility index (Phi) is 5.64. The first-order valence-electron chi connectivity index (χ1n) is 8.74. The van der Waals surface area contributed by atoms with Gasteiger partial charge in [-0.2, -0.15) is 0 Å². The number of benzene rings is 2. The van der Waals surface area contributed by atoms with Gasteiger partial charge in [0.15, 0.2) is 11.6 Å². The first-order valence-corrected chi connectivity index (χ1v) is 10.3. The van der Waals surface area contributed by atoms with Gasteiger partial charge in [0.1, 0.15) is 5.58 Å². The Morgan fingerprint density at radius 3 is 2.57 bits per heavy atom. The summed E-state index contributed by atoms with van der Waals surface area (Å²) in [7, 11) is -1.00. The minimum absolute atomic E-state index is 0.0579. The van der Waals surface area contributed by atoms with Crippen LogP contribution in [0.1, 0.15) is 16.7 Å². The molecule has 3 rings (SSSR count). The van der Waals surface area contributed by atoms with Crippen LogP contribution in [0, 0.1) is 12.7 Å². The van der Waals surface area contributed by atoms with Crippen molar-refractivity contribution in [1.82, 2.24) is 4.90 Å². The highest BCUT2D eigenvalue weighted by Gasteiger charge is 2.18. The van der Waals surface area contributed by atoms with E-state index in [0.717, 1.165) is 17.0 Å². The molecule has 10 heteroatoms. The molecule has 2 N–H and O–H groups in total. The maximum atomic E-state index is 14.5. The van der Waals surface area contributed by atoms with E-state index in [-0.39, 0.29) is 28.2 Å². The van der Waals surface area contributed by atoms with E-state index in [4.69, 9.17) is 14.3 Å². The van der Waals surface area contributed by atoms with E-state index in [9.17, 15) is 22.4 Å². The monoisotopic (exact) mass is 434 g/mol. The third kappa shape index (κ3) is 4.34. The number of carbonyl (C=O) groups excluding carboxylic acids is 1. The number of ether oxygens (including phenoxy) is 1. The zero-order chi connectivity index (χ0) is 22.2. The number of rotatable bonds is 4. The van der Waals surface area contributed by atoms with Crippen molar-refractivity contribution in [3.8, 4) is 5.75 Å². The molecule has 1 amide bonds. The van der Waals surface area contributed by atoms with Crippen LogP contribution in [-0.4, -0.2) is 33.5 Å². The molecule has 0 saturated carbocycles. The second kappa shape index (κ2) is 7.88. The number of hydrogen-bond acceptors (Lipinski definition) is 6. The summed E-state index contributed by atoms with van der Waals surface area (Å²) in [5.41, 5.74) is 0.617. The summed E-state index contributed by atoms with van der Waals surface area (Å²) in [6, 6.07) is 8.13. The smallest absolute Gasteiger partial charge is 0.414 e. The van der Waals surface area contributed by atoms with Gasteiger partial charge in [-0.05, 0) is 36.2 Å². The summed E-state index contributed by atoms with van der Waals surface area (Å²) in [5.74, 6) is -1.16. The molecule has 0 aliphatic heterocycles. The van der Waals surface area contributed by atoms with Crippen LogP contribution in [0.2, 0.25) is 0 Å². The molecule has 0 radical (unpaired) electrons. The molecule has 0 aliphatic carbocycles. The molecule has 0 aliphatic rings. The van der Waals surface area contributed by atoms with Crippen molar-refractivity contribution in [1.29, 1.82) is 0 Å². The standard InChI is InChI=1S/C20H19FN2O6S/c1-11-14-9-16(21)18(29-20(25)23(2)3)10-17(14)28-19(24)15(11)8-12-5-4-6-13(7-12)30(22,26)27/h4-7,9-10H,8H2,1-3H3,(H2,22,26,27). The van der Waals surface area contributed by atoms with Crippen LogP contribution in [0.3, 0.4) is 0 Å². The number of fused-ring (bicyclic) bond motifs is 1. The van der Waals surface area contributed by atoms with Crippen molar-refractivity contribution in [3.05, 3.63) is 69.3 Å². The van der Waals surface area contributed by atoms with E-state index in [0.29, 0.717) is 16.5 Å². The number of sulfonamides is 1. The Labute approximate surface area is 171 Å². The molecule has 0 bridgehead atoms. The summed E-state index contributed by atoms with van der Waals surface area (Å²) < 4.78 is 47.8. The van der Waals surface area contributed by atoms with Crippen molar-refractivity contribution in [2.45, 2.75) is 18.2 Å². The number of nitrogens with two attached hydrogens (primary N) is 1. The second-order valence-electron chi connectivity index (χ2n) is 6.90. The molecule has 8 nitrogen and oxygen atoms in total. The van der Waals surface area contributed by atoms with E-state index in [2.05, 4.69) is 0 Å². The molecule has 0 saturated heterocycles. The Morgan fingerprint density at radius 1 is 1.23 bits per heavy atom. The average Bonchev–Trinajstić information content (AvgIpc) is 2.66. The van der Waals surface area contributed by atoms with Gasteiger partial charge in [-0.15, -0.1) is 0 Å². The molecule has 30 heavy (non-hydrogen) atoms. The van der Waals surface area contributed by atoms with Gasteiger partial charge in [0, 0.05) is 37.5 Å². The van der Waals surface area contributed by atoms with E-state index >= 15 is 0 Å². The van der Waals surface area contributed by atoms with Gasteiger partial charge < -0.3 is 14.1 Å². The van der Waals surface area contributed by atoms with Crippen molar-refractivity contribution >= 4 is 27.1 Å². The topological polar surface area (TPSA) is 120 Å². The Morgan fingerprint density at radius 2 is 1.93 bits per heavy atom. The highest BCUT2D eigenvalue weighted by Crippen LogP contribution is 2.28. The minimum atomic E-state index is -3.90. The molecule has 3 aromatic rings. The predicted octanol–water partition coefficient (Wildman–Crippen LogP) is 2.54. The molecule has 158 valence electrons. The molecule has 0 spiro atoms. The average molecular weight is 434 g/mol. The number of hydrogen-bond donors (Lipinski definition) is 1. The van der Waals surface area contributed by atoms with Crippen molar-refractivity contribution < 1.29 is 26.8 Å². The van der Waals surface area contributed by atoms with E-state index in [1.807, 2.05) is 0 Å². The number of carbonyl (C=O) groups is 1. The first-order chi connectivity index (χ1) is 14.0. The first kappa shape index (κ1) is 21.5. The van der Waals surface area contributed by atoms with Gasteiger partial charge in [0.2, 0.25) is 10.0 Å². The van der Waals surface area contributed by atoms with Crippen molar-refractivity contribution in [3.63, 3.8) is 0 Å². The lowest BCUT2D eigenvalue weighted by molar-refractivity contribution is 0.170. The van der Waals surface area contributed by atoms with E-state index < -0.39 is 27.6 Å². The molecule has 1 aromatic heterocycles. The Bertz CT molecular complexity index is 1310. The quantitative estimate of drug-likeness (QED) is 0.630. The lowest BCUT2D eigenvalue weighted by atomic mass is 9.99. The van der Waals surface area contributed by atoms with Crippen LogP contribution in [0.4, 0.5) is 9.18 Å². The van der Waals surface area contributed by atoms with Crippen molar-refractivity contribution in [2.24, 2.45) is 5.14 Å². The van der Waals surface area contributed by atoms with Gasteiger partial charge in [0.25, 0.3) is 0 Å². The van der Waals surface area contributed by atoms with Crippen molar-refractivity contribution in [2.75, 3.05) is 14.1 Å². The number of halogens is 1. The molecular weight excluding hydrogens is 415 g/mol. The van der Waals surface area contributed by atoms with E-state index in [1.54, 1.807) is 13.0 Å². The normalized spacial score (nSPS) is 11.5. The highest BCUT2D eigenvalue weighted by atomic mass is 32.2. The molecule has 0 unspecified atom stereocenters. The molecule has 1 heterocycles. The fourth-order valence-electron chi connectivity index (χ4n) is 2.89. The van der Waals surface area contributed by atoms with Gasteiger partial charge in [0.05, 0.1) is 4.90 Å². The molecule has 0 fully saturated rings. The fraction of sp³-hybridized carbons (Fsp3) is 0.200. The fourth-order valence-corrected chi connectivity index (χ4v) is 3.48. The number of primary sulfonamides is 1. The number of aryl methyl sites for hydroxylation is 1. The third-order valence-corrected chi connectivity index (χ3v) is 5.42. The summed E-state index contributed by atoms with van der Waals surface area (Å²) in [6.07, 6.45) is -0.717. The van der Waals surface area contributed by atoms with Gasteiger partial charge in [-0.3, -0.25) is 0 Å². The molecule has 0 atom stereocenters. The SMILES string of the molecule is Cc1c(Cc2cccc(S(N)(=O)=O)c2)c(=O)oc2cc(OC(=O)N(C)C)c(F)cc12. The van der Waals surface area contributed by atoms with Gasteiger partial charge in [-0.1, -0.05) is 12.1 Å². The maximum Gasteiger partial charge on any atom is 0.414 e. The Hall–Kier alpha value is -3.24. The summed E-state index contributed by atoms with van der Waals surface area (Å²) in [4.78, 5) is 25.3.